The van der Waals surface area contributed by atoms with E-state index in [1.165, 1.54) is 24.4 Å². The number of pyridine rings is 1. The van der Waals surface area contributed by atoms with E-state index >= 15 is 0 Å². The molecule has 0 atom stereocenters. The van der Waals surface area contributed by atoms with Crippen LogP contribution in [0.3, 0.4) is 0 Å². The molecule has 1 aliphatic heterocycles. The van der Waals surface area contributed by atoms with E-state index in [1.54, 1.807) is 12.1 Å². The minimum Gasteiger partial charge on any atom is -0.368 e. The van der Waals surface area contributed by atoms with Gasteiger partial charge in [-0.25, -0.2) is 9.37 Å². The van der Waals surface area contributed by atoms with Crippen molar-refractivity contribution in [3.8, 4) is 0 Å². The second-order valence-corrected chi connectivity index (χ2v) is 4.79. The second-order valence-electron chi connectivity index (χ2n) is 4.79. The Hall–Kier alpha value is -2.17. The van der Waals surface area contributed by atoms with Gasteiger partial charge in [0, 0.05) is 49.8 Å². The minimum absolute atomic E-state index is 0.223. The van der Waals surface area contributed by atoms with E-state index in [-0.39, 0.29) is 5.82 Å². The van der Waals surface area contributed by atoms with Crippen molar-refractivity contribution in [2.45, 2.75) is 0 Å². The van der Waals surface area contributed by atoms with Crippen LogP contribution in [0.25, 0.3) is 0 Å². The van der Waals surface area contributed by atoms with E-state index in [2.05, 4.69) is 14.8 Å². The van der Waals surface area contributed by atoms with Gasteiger partial charge in [-0.3, -0.25) is 0 Å². The molecule has 3 nitrogen and oxygen atoms in total. The molecule has 0 N–H and O–H groups in total. The lowest BCUT2D eigenvalue weighted by atomic mass is 10.2. The van der Waals surface area contributed by atoms with Crippen molar-refractivity contribution in [2.24, 2.45) is 0 Å². The first kappa shape index (κ1) is 12.8. The lowest BCUT2D eigenvalue weighted by Crippen LogP contribution is -2.46. The molecule has 104 valence electrons. The molecule has 0 bridgehead atoms. The SMILES string of the molecule is Fc1ccc(N2CCN(c3ccnc(F)c3)CC2)cc1. The number of halogens is 2. The van der Waals surface area contributed by atoms with Crippen LogP contribution in [0.4, 0.5) is 20.2 Å². The van der Waals surface area contributed by atoms with E-state index in [9.17, 15) is 8.78 Å². The fourth-order valence-corrected chi connectivity index (χ4v) is 2.46. The molecule has 2 aromatic rings. The lowest BCUT2D eigenvalue weighted by Gasteiger charge is -2.37. The molecule has 3 rings (SSSR count). The number of aromatic nitrogens is 1. The highest BCUT2D eigenvalue weighted by molar-refractivity contribution is 5.51. The van der Waals surface area contributed by atoms with Gasteiger partial charge in [-0.15, -0.1) is 0 Å². The molecule has 1 saturated heterocycles. The molecule has 1 fully saturated rings. The third-order valence-corrected chi connectivity index (χ3v) is 3.55. The van der Waals surface area contributed by atoms with Crippen LogP contribution in [-0.2, 0) is 0 Å². The molecular formula is C15H15F2N3. The number of nitrogens with zero attached hydrogens (tertiary/aromatic N) is 3. The molecular weight excluding hydrogens is 260 g/mol. The summed E-state index contributed by atoms with van der Waals surface area (Å²) in [5.41, 5.74) is 1.88. The normalized spacial score (nSPS) is 15.5. The van der Waals surface area contributed by atoms with Crippen LogP contribution in [0.5, 0.6) is 0 Å². The fraction of sp³-hybridized carbons (Fsp3) is 0.267. The number of anilines is 2. The van der Waals surface area contributed by atoms with E-state index in [1.807, 2.05) is 6.07 Å². The van der Waals surface area contributed by atoms with Crippen molar-refractivity contribution in [1.29, 1.82) is 0 Å². The first-order valence-electron chi connectivity index (χ1n) is 6.59. The van der Waals surface area contributed by atoms with Gasteiger partial charge in [-0.2, -0.15) is 4.39 Å². The van der Waals surface area contributed by atoms with Crippen molar-refractivity contribution in [3.63, 3.8) is 0 Å². The predicted octanol–water partition coefficient (Wildman–Crippen LogP) is 2.69. The number of benzene rings is 1. The molecule has 1 aliphatic rings. The third kappa shape index (κ3) is 2.71. The Balaban J connectivity index is 1.66. The summed E-state index contributed by atoms with van der Waals surface area (Å²) >= 11 is 0. The third-order valence-electron chi connectivity index (χ3n) is 3.55. The Bertz CT molecular complexity index is 578. The molecule has 1 aromatic heterocycles. The van der Waals surface area contributed by atoms with Gasteiger partial charge in [0.1, 0.15) is 5.82 Å². The standard InChI is InChI=1S/C15H15F2N3/c16-12-1-3-13(4-2-12)19-7-9-20(10-8-19)14-5-6-18-15(17)11-14/h1-6,11H,7-10H2. The van der Waals surface area contributed by atoms with Crippen LogP contribution in [0.15, 0.2) is 42.6 Å². The monoisotopic (exact) mass is 275 g/mol. The van der Waals surface area contributed by atoms with Crippen LogP contribution < -0.4 is 9.80 Å². The average Bonchev–Trinajstić information content (AvgIpc) is 2.48. The fourth-order valence-electron chi connectivity index (χ4n) is 2.46. The van der Waals surface area contributed by atoms with Gasteiger partial charge < -0.3 is 9.80 Å². The molecule has 0 amide bonds. The molecule has 2 heterocycles. The van der Waals surface area contributed by atoms with Crippen LogP contribution in [0, 0.1) is 11.8 Å². The first-order chi connectivity index (χ1) is 9.72. The molecule has 1 aromatic carbocycles. The molecule has 20 heavy (non-hydrogen) atoms. The minimum atomic E-state index is -0.455. The highest BCUT2D eigenvalue weighted by Gasteiger charge is 2.17. The van der Waals surface area contributed by atoms with Crippen molar-refractivity contribution >= 4 is 11.4 Å². The van der Waals surface area contributed by atoms with Crippen molar-refractivity contribution < 1.29 is 8.78 Å². The van der Waals surface area contributed by atoms with E-state index in [0.29, 0.717) is 0 Å². The maximum atomic E-state index is 13.1. The summed E-state index contributed by atoms with van der Waals surface area (Å²) in [5, 5.41) is 0. The predicted molar refractivity (Wildman–Crippen MR) is 75.0 cm³/mol. The second kappa shape index (κ2) is 5.45. The van der Waals surface area contributed by atoms with Gasteiger partial charge in [0.05, 0.1) is 0 Å². The van der Waals surface area contributed by atoms with Crippen molar-refractivity contribution in [3.05, 3.63) is 54.4 Å². The van der Waals surface area contributed by atoms with Gasteiger partial charge in [-0.1, -0.05) is 0 Å². The molecule has 0 aliphatic carbocycles. The van der Waals surface area contributed by atoms with E-state index in [0.717, 1.165) is 37.6 Å². The molecule has 0 unspecified atom stereocenters. The van der Waals surface area contributed by atoms with E-state index in [4.69, 9.17) is 0 Å². The maximum absolute atomic E-state index is 13.1. The van der Waals surface area contributed by atoms with Gasteiger partial charge in [0.2, 0.25) is 5.95 Å². The Morgan fingerprint density at radius 1 is 0.800 bits per heavy atom. The summed E-state index contributed by atoms with van der Waals surface area (Å²) in [7, 11) is 0. The zero-order valence-electron chi connectivity index (χ0n) is 11.0. The van der Waals surface area contributed by atoms with Crippen LogP contribution in [0.2, 0.25) is 0 Å². The van der Waals surface area contributed by atoms with Crippen LogP contribution in [0.1, 0.15) is 0 Å². The average molecular weight is 275 g/mol. The largest absolute Gasteiger partial charge is 0.368 e. The summed E-state index contributed by atoms with van der Waals surface area (Å²) in [6.07, 6.45) is 1.48. The zero-order chi connectivity index (χ0) is 13.9. The smallest absolute Gasteiger partial charge is 0.214 e. The highest BCUT2D eigenvalue weighted by Crippen LogP contribution is 2.20. The Morgan fingerprint density at radius 2 is 1.40 bits per heavy atom. The Kier molecular flexibility index (Phi) is 3.50. The molecule has 0 radical (unpaired) electrons. The van der Waals surface area contributed by atoms with Gasteiger partial charge in [-0.05, 0) is 30.3 Å². The molecule has 5 heteroatoms. The summed E-state index contributed by atoms with van der Waals surface area (Å²) < 4.78 is 26.0. The quantitative estimate of drug-likeness (QED) is 0.786. The molecule has 0 saturated carbocycles. The maximum Gasteiger partial charge on any atom is 0.214 e. The Labute approximate surface area is 116 Å². The number of hydrogen-bond donors (Lipinski definition) is 0. The summed E-state index contributed by atoms with van der Waals surface area (Å²) in [5.74, 6) is -0.678. The number of rotatable bonds is 2. The van der Waals surface area contributed by atoms with Gasteiger partial charge in [0.25, 0.3) is 0 Å². The zero-order valence-corrected chi connectivity index (χ0v) is 11.0. The van der Waals surface area contributed by atoms with Crippen LogP contribution >= 0.6 is 0 Å². The van der Waals surface area contributed by atoms with Gasteiger partial charge in [0.15, 0.2) is 0 Å². The highest BCUT2D eigenvalue weighted by atomic mass is 19.1. The summed E-state index contributed by atoms with van der Waals surface area (Å²) in [6, 6.07) is 9.79. The molecule has 0 spiro atoms. The number of hydrogen-bond acceptors (Lipinski definition) is 3. The van der Waals surface area contributed by atoms with Crippen LogP contribution in [-0.4, -0.2) is 31.2 Å². The van der Waals surface area contributed by atoms with Crippen molar-refractivity contribution in [2.75, 3.05) is 36.0 Å². The first-order valence-corrected chi connectivity index (χ1v) is 6.59. The number of piperazine rings is 1. The summed E-state index contributed by atoms with van der Waals surface area (Å²) in [6.45, 7) is 3.27. The summed E-state index contributed by atoms with van der Waals surface area (Å²) in [4.78, 5) is 7.90. The van der Waals surface area contributed by atoms with E-state index < -0.39 is 5.95 Å². The lowest BCUT2D eigenvalue weighted by molar-refractivity contribution is 0.580. The van der Waals surface area contributed by atoms with Gasteiger partial charge >= 0.3 is 0 Å². The topological polar surface area (TPSA) is 19.4 Å². The van der Waals surface area contributed by atoms with Crippen molar-refractivity contribution in [1.82, 2.24) is 4.98 Å². The Morgan fingerprint density at radius 3 is 2.00 bits per heavy atom.